The Labute approximate surface area is 231 Å². The van der Waals surface area contributed by atoms with Crippen LogP contribution in [0.15, 0.2) is 45.8 Å². The van der Waals surface area contributed by atoms with E-state index in [1.54, 1.807) is 45.2 Å². The fourth-order valence-corrected chi connectivity index (χ4v) is 4.38. The van der Waals surface area contributed by atoms with Crippen molar-refractivity contribution in [1.82, 2.24) is 19.5 Å². The maximum absolute atomic E-state index is 14.4. The lowest BCUT2D eigenvalue weighted by atomic mass is 10.0. The summed E-state index contributed by atoms with van der Waals surface area (Å²) in [6.45, 7) is 7.71. The molecule has 11 heteroatoms. The number of aryl methyl sites for hydroxylation is 2. The summed E-state index contributed by atoms with van der Waals surface area (Å²) in [7, 11) is 0. The molecule has 0 fully saturated rings. The van der Waals surface area contributed by atoms with Crippen molar-refractivity contribution in [3.05, 3.63) is 96.4 Å². The van der Waals surface area contributed by atoms with Crippen molar-refractivity contribution in [3.8, 4) is 22.8 Å². The molecule has 0 aliphatic heterocycles. The molecule has 7 nitrogen and oxygen atoms in total. The Morgan fingerprint density at radius 1 is 1.13 bits per heavy atom. The van der Waals surface area contributed by atoms with E-state index in [-0.39, 0.29) is 39.7 Å². The summed E-state index contributed by atoms with van der Waals surface area (Å²) < 4.78 is 34.9. The van der Waals surface area contributed by atoms with Gasteiger partial charge in [-0.1, -0.05) is 17.7 Å². The third-order valence-corrected chi connectivity index (χ3v) is 6.91. The third kappa shape index (κ3) is 5.34. The van der Waals surface area contributed by atoms with Crippen LogP contribution >= 0.6 is 27.5 Å². The van der Waals surface area contributed by atoms with Gasteiger partial charge in [0.15, 0.2) is 5.82 Å². The van der Waals surface area contributed by atoms with Gasteiger partial charge in [0.05, 0.1) is 16.4 Å². The molecule has 0 spiro atoms. The van der Waals surface area contributed by atoms with Crippen LogP contribution in [0.2, 0.25) is 5.02 Å². The summed E-state index contributed by atoms with van der Waals surface area (Å²) in [5, 5.41) is 10.7. The molecule has 0 aliphatic rings. The minimum Gasteiger partial charge on any atom is -0.472 e. The molecule has 0 radical (unpaired) electrons. The van der Waals surface area contributed by atoms with E-state index in [4.69, 9.17) is 16.3 Å². The maximum atomic E-state index is 14.4. The number of benzene rings is 2. The Morgan fingerprint density at radius 2 is 1.84 bits per heavy atom. The van der Waals surface area contributed by atoms with Crippen molar-refractivity contribution in [2.75, 3.05) is 0 Å². The minimum absolute atomic E-state index is 0.00587. The zero-order chi connectivity index (χ0) is 27.9. The van der Waals surface area contributed by atoms with Crippen LogP contribution < -0.4 is 10.3 Å². The fourth-order valence-electron chi connectivity index (χ4n) is 3.80. The van der Waals surface area contributed by atoms with E-state index in [0.29, 0.717) is 22.0 Å². The lowest BCUT2D eigenvalue weighted by Gasteiger charge is -2.18. The molecule has 1 N–H and O–H groups in total. The second-order valence-electron chi connectivity index (χ2n) is 9.30. The molecular formula is C27H24BrClF2N4O3. The molecule has 4 aromatic rings. The first kappa shape index (κ1) is 27.8. The average Bonchev–Trinajstić information content (AvgIpc) is 2.85. The number of rotatable bonds is 6. The van der Waals surface area contributed by atoms with Gasteiger partial charge in [-0.3, -0.25) is 9.36 Å². The van der Waals surface area contributed by atoms with Gasteiger partial charge in [-0.2, -0.15) is 4.98 Å². The van der Waals surface area contributed by atoms with E-state index < -0.39 is 22.8 Å². The highest BCUT2D eigenvalue weighted by atomic mass is 79.9. The Bertz CT molecular complexity index is 1620. The quantitative estimate of drug-likeness (QED) is 0.285. The van der Waals surface area contributed by atoms with E-state index in [2.05, 4.69) is 30.9 Å². The van der Waals surface area contributed by atoms with Crippen LogP contribution in [0, 0.1) is 32.4 Å². The third-order valence-electron chi connectivity index (χ3n) is 5.91. The average molecular weight is 606 g/mol. The Morgan fingerprint density at radius 3 is 2.53 bits per heavy atom. The second kappa shape index (κ2) is 10.5. The van der Waals surface area contributed by atoms with E-state index in [9.17, 15) is 18.7 Å². The molecule has 0 atom stereocenters. The Kier molecular flexibility index (Phi) is 7.69. The van der Waals surface area contributed by atoms with Crippen molar-refractivity contribution >= 4 is 27.5 Å². The van der Waals surface area contributed by atoms with Crippen LogP contribution in [0.1, 0.15) is 42.2 Å². The molecule has 2 aromatic carbocycles. The number of ether oxygens (including phenoxy) is 1. The highest BCUT2D eigenvalue weighted by molar-refractivity contribution is 9.10. The fraction of sp³-hybridized carbons (Fsp3) is 0.259. The molecule has 0 amide bonds. The van der Waals surface area contributed by atoms with Gasteiger partial charge in [0.1, 0.15) is 34.1 Å². The molecular weight excluding hydrogens is 582 g/mol. The van der Waals surface area contributed by atoms with E-state index in [1.807, 2.05) is 6.92 Å². The summed E-state index contributed by atoms with van der Waals surface area (Å²) >= 11 is 9.75. The number of hydrogen-bond donors (Lipinski definition) is 1. The summed E-state index contributed by atoms with van der Waals surface area (Å²) in [4.78, 5) is 26.5. The first-order valence-electron chi connectivity index (χ1n) is 11.5. The predicted molar refractivity (Wildman–Crippen MR) is 144 cm³/mol. The molecule has 0 unspecified atom stereocenters. The summed E-state index contributed by atoms with van der Waals surface area (Å²) in [6.07, 6.45) is 1.62. The smallest absolute Gasteiger partial charge is 0.276 e. The van der Waals surface area contributed by atoms with E-state index in [1.165, 1.54) is 17.6 Å². The topological polar surface area (TPSA) is 90.1 Å². The maximum Gasteiger partial charge on any atom is 0.276 e. The van der Waals surface area contributed by atoms with E-state index >= 15 is 0 Å². The molecule has 2 heterocycles. The van der Waals surface area contributed by atoms with Crippen LogP contribution in [-0.4, -0.2) is 24.6 Å². The molecule has 2 aromatic heterocycles. The first-order chi connectivity index (χ1) is 17.8. The van der Waals surface area contributed by atoms with Gasteiger partial charge in [0, 0.05) is 22.9 Å². The number of nitrogens with zero attached hydrogens (tertiary/aromatic N) is 4. The molecule has 0 saturated carbocycles. The van der Waals surface area contributed by atoms with Gasteiger partial charge in [-0.15, -0.1) is 0 Å². The van der Waals surface area contributed by atoms with Gasteiger partial charge >= 0.3 is 0 Å². The zero-order valence-corrected chi connectivity index (χ0v) is 23.6. The number of hydrogen-bond acceptors (Lipinski definition) is 6. The van der Waals surface area contributed by atoms with Crippen molar-refractivity contribution in [1.29, 1.82) is 0 Å². The van der Waals surface area contributed by atoms with Crippen LogP contribution in [0.25, 0.3) is 16.9 Å². The standard InChI is InChI=1S/C27H24BrClF2N4O3/c1-13-11-32-26(27(4,5)37)34-23(13)16-6-8-18(29)20(10-16)35-15(3)33-24(21(28)25(35)36)38-12-17-7-9-19(30)14(2)22(17)31/h6-11,37H,12H2,1-5H3. The van der Waals surface area contributed by atoms with E-state index in [0.717, 1.165) is 11.6 Å². The number of aromatic nitrogens is 4. The summed E-state index contributed by atoms with van der Waals surface area (Å²) in [5.74, 6) is -0.904. The number of halogens is 4. The lowest BCUT2D eigenvalue weighted by molar-refractivity contribution is 0.0688. The van der Waals surface area contributed by atoms with Crippen LogP contribution in [0.4, 0.5) is 8.78 Å². The van der Waals surface area contributed by atoms with Gasteiger partial charge in [0.25, 0.3) is 5.56 Å². The molecule has 4 rings (SSSR count). The van der Waals surface area contributed by atoms with Gasteiger partial charge in [-0.05, 0) is 80.4 Å². The minimum atomic E-state index is -1.24. The van der Waals surface area contributed by atoms with Gasteiger partial charge in [-0.25, -0.2) is 18.7 Å². The van der Waals surface area contributed by atoms with Crippen LogP contribution in [0.5, 0.6) is 5.88 Å². The SMILES string of the molecule is Cc1cnc(C(C)(C)O)nc1-c1ccc(Cl)c(-n2c(C)nc(OCc3ccc(F)c(C)c3F)c(Br)c2=O)c1. The largest absolute Gasteiger partial charge is 0.472 e. The van der Waals surface area contributed by atoms with Crippen molar-refractivity contribution < 1.29 is 18.6 Å². The Balaban J connectivity index is 1.75. The predicted octanol–water partition coefficient (Wildman–Crippen LogP) is 6.12. The second-order valence-corrected chi connectivity index (χ2v) is 10.5. The highest BCUT2D eigenvalue weighted by Crippen LogP contribution is 2.31. The van der Waals surface area contributed by atoms with Gasteiger partial charge in [0.2, 0.25) is 5.88 Å². The lowest BCUT2D eigenvalue weighted by Crippen LogP contribution is -2.24. The molecule has 0 saturated heterocycles. The van der Waals surface area contributed by atoms with Crippen molar-refractivity contribution in [2.45, 2.75) is 46.8 Å². The summed E-state index contributed by atoms with van der Waals surface area (Å²) in [6, 6.07) is 7.53. The molecule has 0 bridgehead atoms. The molecule has 0 aliphatic carbocycles. The normalized spacial score (nSPS) is 11.6. The number of aliphatic hydroxyl groups is 1. The van der Waals surface area contributed by atoms with Crippen LogP contribution in [-0.2, 0) is 12.2 Å². The zero-order valence-electron chi connectivity index (χ0n) is 21.2. The van der Waals surface area contributed by atoms with Crippen molar-refractivity contribution in [2.24, 2.45) is 0 Å². The monoisotopic (exact) mass is 604 g/mol. The Hall–Kier alpha value is -3.21. The van der Waals surface area contributed by atoms with Crippen molar-refractivity contribution in [3.63, 3.8) is 0 Å². The van der Waals surface area contributed by atoms with Crippen LogP contribution in [0.3, 0.4) is 0 Å². The molecule has 38 heavy (non-hydrogen) atoms. The molecule has 198 valence electrons. The first-order valence-corrected chi connectivity index (χ1v) is 12.7. The van der Waals surface area contributed by atoms with Gasteiger partial charge < -0.3 is 9.84 Å². The highest BCUT2D eigenvalue weighted by Gasteiger charge is 2.22. The summed E-state index contributed by atoms with van der Waals surface area (Å²) in [5.41, 5.74) is 0.610.